The Labute approximate surface area is 73.6 Å². The first kappa shape index (κ1) is 11.0. The predicted molar refractivity (Wildman–Crippen MR) is 48.1 cm³/mol. The molecule has 2 nitrogen and oxygen atoms in total. The molecule has 0 aromatic rings. The molecule has 0 aliphatic heterocycles. The van der Waals surface area contributed by atoms with Crippen LogP contribution in [-0.2, 0) is 0 Å². The molecule has 0 aliphatic carbocycles. The highest BCUT2D eigenvalue weighted by Gasteiger charge is 2.23. The lowest BCUT2D eigenvalue weighted by Crippen LogP contribution is -2.28. The van der Waals surface area contributed by atoms with E-state index in [0.29, 0.717) is 12.8 Å². The molecule has 12 heavy (non-hydrogen) atoms. The lowest BCUT2D eigenvalue weighted by molar-refractivity contribution is 0.0584. The second-order valence-electron chi connectivity index (χ2n) is 3.34. The minimum Gasteiger partial charge on any atom is -0.378 e. The number of terminal acetylenes is 2. The zero-order chi connectivity index (χ0) is 9.83. The summed E-state index contributed by atoms with van der Waals surface area (Å²) in [7, 11) is 0. The maximum absolute atomic E-state index is 9.37. The number of rotatable bonds is 3. The van der Waals surface area contributed by atoms with Gasteiger partial charge >= 0.3 is 0 Å². The largest absolute Gasteiger partial charge is 0.378 e. The summed E-state index contributed by atoms with van der Waals surface area (Å²) >= 11 is 0. The molecule has 0 rings (SSSR count). The first-order valence-electron chi connectivity index (χ1n) is 3.73. The molecular weight excluding hydrogens is 152 g/mol. The molecule has 0 bridgehead atoms. The zero-order valence-electron chi connectivity index (χ0n) is 7.46. The van der Waals surface area contributed by atoms with Gasteiger partial charge in [0.1, 0.15) is 11.2 Å². The van der Waals surface area contributed by atoms with Crippen molar-refractivity contribution in [3.05, 3.63) is 0 Å². The van der Waals surface area contributed by atoms with Gasteiger partial charge in [-0.3, -0.25) is 0 Å². The van der Waals surface area contributed by atoms with Crippen LogP contribution in [0.5, 0.6) is 0 Å². The molecule has 0 fully saturated rings. The molecule has 0 spiro atoms. The van der Waals surface area contributed by atoms with Crippen LogP contribution in [0.15, 0.2) is 0 Å². The van der Waals surface area contributed by atoms with E-state index in [0.717, 1.165) is 0 Å². The molecule has 2 atom stereocenters. The average Bonchev–Trinajstić information content (AvgIpc) is 2.02. The van der Waals surface area contributed by atoms with E-state index in [4.69, 9.17) is 12.8 Å². The Kier molecular flexibility index (Phi) is 3.34. The molecule has 2 heteroatoms. The highest BCUT2D eigenvalue weighted by Crippen LogP contribution is 2.17. The highest BCUT2D eigenvalue weighted by atomic mass is 16.3. The molecule has 0 heterocycles. The third-order valence-electron chi connectivity index (χ3n) is 1.72. The molecule has 0 amide bonds. The Balaban J connectivity index is 4.04. The van der Waals surface area contributed by atoms with E-state index in [1.165, 1.54) is 13.8 Å². The van der Waals surface area contributed by atoms with Gasteiger partial charge in [-0.05, 0) is 26.7 Å². The summed E-state index contributed by atoms with van der Waals surface area (Å²) in [5.74, 6) is 4.43. The van der Waals surface area contributed by atoms with E-state index >= 15 is 0 Å². The summed E-state index contributed by atoms with van der Waals surface area (Å²) in [4.78, 5) is 0. The molecule has 0 aromatic heterocycles. The molecule has 2 unspecified atom stereocenters. The maximum Gasteiger partial charge on any atom is 0.122 e. The average molecular weight is 166 g/mol. The summed E-state index contributed by atoms with van der Waals surface area (Å²) in [5.41, 5.74) is -2.36. The van der Waals surface area contributed by atoms with Gasteiger partial charge in [0.15, 0.2) is 0 Å². The van der Waals surface area contributed by atoms with Gasteiger partial charge in [0.25, 0.3) is 0 Å². The SMILES string of the molecule is C#CC(C)(O)CCC(C)(O)C#C. The lowest BCUT2D eigenvalue weighted by Gasteiger charge is -2.21. The summed E-state index contributed by atoms with van der Waals surface area (Å²) in [6, 6.07) is 0. The first-order chi connectivity index (χ1) is 5.33. The summed E-state index contributed by atoms with van der Waals surface area (Å²) in [6.45, 7) is 3.03. The highest BCUT2D eigenvalue weighted by molar-refractivity contribution is 5.09. The van der Waals surface area contributed by atoms with Gasteiger partial charge in [-0.25, -0.2) is 0 Å². The molecule has 2 N–H and O–H groups in total. The first-order valence-corrected chi connectivity index (χ1v) is 3.73. The number of hydrogen-bond acceptors (Lipinski definition) is 2. The van der Waals surface area contributed by atoms with Crippen molar-refractivity contribution in [2.24, 2.45) is 0 Å². The normalized spacial score (nSPS) is 19.8. The van der Waals surface area contributed by atoms with Gasteiger partial charge in [-0.15, -0.1) is 12.8 Å². The second-order valence-corrected chi connectivity index (χ2v) is 3.34. The molecular formula is C10H14O2. The number of hydrogen-bond donors (Lipinski definition) is 2. The Morgan fingerprint density at radius 2 is 1.25 bits per heavy atom. The fourth-order valence-corrected chi connectivity index (χ4v) is 0.631. The van der Waals surface area contributed by atoms with Crippen molar-refractivity contribution in [3.8, 4) is 24.7 Å². The molecule has 0 saturated heterocycles. The Bertz CT molecular complexity index is 199. The quantitative estimate of drug-likeness (QED) is 0.601. The van der Waals surface area contributed by atoms with Gasteiger partial charge < -0.3 is 10.2 Å². The molecule has 0 saturated carbocycles. The van der Waals surface area contributed by atoms with Crippen LogP contribution >= 0.6 is 0 Å². The Hall–Kier alpha value is -0.960. The fraction of sp³-hybridized carbons (Fsp3) is 0.600. The summed E-state index contributed by atoms with van der Waals surface area (Å²) in [5, 5.41) is 18.7. The topological polar surface area (TPSA) is 40.5 Å². The molecule has 0 radical (unpaired) electrons. The van der Waals surface area contributed by atoms with Crippen LogP contribution in [0, 0.1) is 24.7 Å². The van der Waals surface area contributed by atoms with E-state index in [9.17, 15) is 10.2 Å². The minimum absolute atomic E-state index is 0.292. The monoisotopic (exact) mass is 166 g/mol. The van der Waals surface area contributed by atoms with E-state index in [-0.39, 0.29) is 0 Å². The van der Waals surface area contributed by atoms with Gasteiger partial charge in [-0.1, -0.05) is 11.8 Å². The molecule has 0 aliphatic rings. The number of aliphatic hydroxyl groups is 2. The standard InChI is InChI=1S/C10H14O2/c1-5-9(3,11)7-8-10(4,12)6-2/h1-2,11-12H,7-8H2,3-4H3. The van der Waals surface area contributed by atoms with E-state index in [1.54, 1.807) is 0 Å². The van der Waals surface area contributed by atoms with E-state index in [2.05, 4.69) is 11.8 Å². The third-order valence-corrected chi connectivity index (χ3v) is 1.72. The predicted octanol–water partition coefficient (Wildman–Crippen LogP) is 0.535. The van der Waals surface area contributed by atoms with Gasteiger partial charge in [0, 0.05) is 0 Å². The van der Waals surface area contributed by atoms with Crippen LogP contribution in [0.2, 0.25) is 0 Å². The second kappa shape index (κ2) is 3.63. The lowest BCUT2D eigenvalue weighted by atomic mass is 9.93. The molecule has 0 aromatic carbocycles. The van der Waals surface area contributed by atoms with Crippen molar-refractivity contribution < 1.29 is 10.2 Å². The van der Waals surface area contributed by atoms with Crippen molar-refractivity contribution in [1.82, 2.24) is 0 Å². The third kappa shape index (κ3) is 4.03. The Morgan fingerprint density at radius 1 is 1.00 bits per heavy atom. The maximum atomic E-state index is 9.37. The van der Waals surface area contributed by atoms with E-state index in [1.807, 2.05) is 0 Å². The summed E-state index contributed by atoms with van der Waals surface area (Å²) < 4.78 is 0. The van der Waals surface area contributed by atoms with Crippen molar-refractivity contribution in [2.45, 2.75) is 37.9 Å². The van der Waals surface area contributed by atoms with Crippen molar-refractivity contribution in [2.75, 3.05) is 0 Å². The fourth-order valence-electron chi connectivity index (χ4n) is 0.631. The van der Waals surface area contributed by atoms with Crippen molar-refractivity contribution in [1.29, 1.82) is 0 Å². The van der Waals surface area contributed by atoms with Crippen LogP contribution in [0.25, 0.3) is 0 Å². The van der Waals surface area contributed by atoms with Crippen LogP contribution < -0.4 is 0 Å². The van der Waals surface area contributed by atoms with Gasteiger partial charge in [-0.2, -0.15) is 0 Å². The van der Waals surface area contributed by atoms with Crippen molar-refractivity contribution in [3.63, 3.8) is 0 Å². The van der Waals surface area contributed by atoms with Gasteiger partial charge in [0.05, 0.1) is 0 Å². The van der Waals surface area contributed by atoms with Gasteiger partial charge in [0.2, 0.25) is 0 Å². The zero-order valence-corrected chi connectivity index (χ0v) is 7.46. The van der Waals surface area contributed by atoms with Crippen LogP contribution in [0.3, 0.4) is 0 Å². The Morgan fingerprint density at radius 3 is 1.42 bits per heavy atom. The van der Waals surface area contributed by atoms with Crippen LogP contribution in [0.4, 0.5) is 0 Å². The molecule has 66 valence electrons. The van der Waals surface area contributed by atoms with Crippen molar-refractivity contribution >= 4 is 0 Å². The van der Waals surface area contributed by atoms with E-state index < -0.39 is 11.2 Å². The summed E-state index contributed by atoms with van der Waals surface area (Å²) in [6.07, 6.45) is 10.7. The van der Waals surface area contributed by atoms with Crippen LogP contribution in [-0.4, -0.2) is 21.4 Å². The smallest absolute Gasteiger partial charge is 0.122 e. The minimum atomic E-state index is -1.18. The van der Waals surface area contributed by atoms with Crippen LogP contribution in [0.1, 0.15) is 26.7 Å².